The lowest BCUT2D eigenvalue weighted by molar-refractivity contribution is -0.138. The second-order valence-electron chi connectivity index (χ2n) is 4.38. The van der Waals surface area contributed by atoms with E-state index in [4.69, 9.17) is 23.2 Å². The molecule has 1 saturated carbocycles. The third kappa shape index (κ3) is 1.42. The standard InChI is InChI=1S/C10H14Cl2O/c1-6(2)5-7-8(13)10(11,12)9(7,3)4/h5,7H,1-4H3. The largest absolute Gasteiger partial charge is 0.296 e. The number of allylic oxidation sites excluding steroid dienone is 2. The van der Waals surface area contributed by atoms with Crippen molar-refractivity contribution in [3.05, 3.63) is 11.6 Å². The zero-order valence-corrected chi connectivity index (χ0v) is 9.83. The molecule has 1 unspecified atom stereocenters. The van der Waals surface area contributed by atoms with Gasteiger partial charge in [0.25, 0.3) is 0 Å². The fourth-order valence-corrected chi connectivity index (χ4v) is 2.05. The van der Waals surface area contributed by atoms with Crippen molar-refractivity contribution in [1.29, 1.82) is 0 Å². The van der Waals surface area contributed by atoms with Gasteiger partial charge in [0.2, 0.25) is 0 Å². The summed E-state index contributed by atoms with van der Waals surface area (Å²) in [6.07, 6.45) is 1.94. The molecule has 0 N–H and O–H groups in total. The van der Waals surface area contributed by atoms with Gasteiger partial charge in [-0.25, -0.2) is 0 Å². The molecule has 74 valence electrons. The smallest absolute Gasteiger partial charge is 0.182 e. The molecule has 0 saturated heterocycles. The SMILES string of the molecule is CC(C)=CC1C(=O)C(Cl)(Cl)C1(C)C. The summed E-state index contributed by atoms with van der Waals surface area (Å²) in [6.45, 7) is 7.76. The van der Waals surface area contributed by atoms with Gasteiger partial charge in [0, 0.05) is 11.3 Å². The van der Waals surface area contributed by atoms with Crippen LogP contribution in [0.3, 0.4) is 0 Å². The maximum atomic E-state index is 11.5. The Hall–Kier alpha value is -0.0100. The van der Waals surface area contributed by atoms with Crippen LogP contribution in [0.25, 0.3) is 0 Å². The number of rotatable bonds is 1. The van der Waals surface area contributed by atoms with Gasteiger partial charge in [0.05, 0.1) is 0 Å². The van der Waals surface area contributed by atoms with Gasteiger partial charge in [-0.15, -0.1) is 0 Å². The highest BCUT2D eigenvalue weighted by molar-refractivity contribution is 6.61. The zero-order valence-electron chi connectivity index (χ0n) is 8.32. The van der Waals surface area contributed by atoms with Crippen molar-refractivity contribution in [2.75, 3.05) is 0 Å². The van der Waals surface area contributed by atoms with Crippen molar-refractivity contribution < 1.29 is 4.79 Å². The van der Waals surface area contributed by atoms with Crippen LogP contribution in [0.15, 0.2) is 11.6 Å². The number of hydrogen-bond donors (Lipinski definition) is 0. The van der Waals surface area contributed by atoms with Crippen LogP contribution in [0.4, 0.5) is 0 Å². The summed E-state index contributed by atoms with van der Waals surface area (Å²) in [5.41, 5.74) is 0.764. The molecule has 0 aromatic heterocycles. The van der Waals surface area contributed by atoms with Crippen LogP contribution in [0.2, 0.25) is 0 Å². The molecule has 0 bridgehead atoms. The predicted octanol–water partition coefficient (Wildman–Crippen LogP) is 3.35. The summed E-state index contributed by atoms with van der Waals surface area (Å²) in [6, 6.07) is 0. The molecule has 1 atom stereocenters. The number of alkyl halides is 2. The summed E-state index contributed by atoms with van der Waals surface area (Å²) in [4.78, 5) is 11.5. The first-order valence-electron chi connectivity index (χ1n) is 4.28. The Morgan fingerprint density at radius 3 is 2.15 bits per heavy atom. The summed E-state index contributed by atoms with van der Waals surface area (Å²) in [5, 5.41) is 0. The Morgan fingerprint density at radius 2 is 1.85 bits per heavy atom. The van der Waals surface area contributed by atoms with E-state index in [-0.39, 0.29) is 17.1 Å². The number of carbonyl (C=O) groups is 1. The second-order valence-corrected chi connectivity index (χ2v) is 5.71. The van der Waals surface area contributed by atoms with Crippen LogP contribution in [-0.4, -0.2) is 10.1 Å². The minimum atomic E-state index is -1.20. The maximum Gasteiger partial charge on any atom is 0.182 e. The van der Waals surface area contributed by atoms with Crippen molar-refractivity contribution in [2.45, 2.75) is 32.0 Å². The van der Waals surface area contributed by atoms with Gasteiger partial charge in [-0.1, -0.05) is 48.7 Å². The Balaban J connectivity index is 2.95. The first-order chi connectivity index (χ1) is 5.71. The predicted molar refractivity (Wildman–Crippen MR) is 56.1 cm³/mol. The topological polar surface area (TPSA) is 17.1 Å². The lowest BCUT2D eigenvalue weighted by Crippen LogP contribution is -2.62. The lowest BCUT2D eigenvalue weighted by atomic mass is 9.60. The van der Waals surface area contributed by atoms with Crippen LogP contribution >= 0.6 is 23.2 Å². The number of hydrogen-bond acceptors (Lipinski definition) is 1. The molecule has 0 heterocycles. The molecule has 0 aromatic rings. The third-order valence-electron chi connectivity index (χ3n) is 2.68. The highest BCUT2D eigenvalue weighted by atomic mass is 35.5. The monoisotopic (exact) mass is 220 g/mol. The molecular weight excluding hydrogens is 207 g/mol. The molecule has 1 aliphatic rings. The molecular formula is C10H14Cl2O. The number of halogens is 2. The van der Waals surface area contributed by atoms with Gasteiger partial charge >= 0.3 is 0 Å². The highest BCUT2D eigenvalue weighted by Crippen LogP contribution is 2.58. The third-order valence-corrected chi connectivity index (χ3v) is 4.03. The lowest BCUT2D eigenvalue weighted by Gasteiger charge is -2.51. The number of ketones is 1. The molecule has 1 nitrogen and oxygen atoms in total. The molecule has 0 aromatic carbocycles. The van der Waals surface area contributed by atoms with Gasteiger partial charge < -0.3 is 0 Å². The minimum absolute atomic E-state index is 0.0815. The van der Waals surface area contributed by atoms with E-state index >= 15 is 0 Å². The van der Waals surface area contributed by atoms with Crippen molar-refractivity contribution in [2.24, 2.45) is 11.3 Å². The zero-order chi connectivity index (χ0) is 10.4. The Labute approximate surface area is 89.1 Å². The van der Waals surface area contributed by atoms with E-state index in [0.717, 1.165) is 5.57 Å². The van der Waals surface area contributed by atoms with Crippen LogP contribution in [0.1, 0.15) is 27.7 Å². The molecule has 0 radical (unpaired) electrons. The van der Waals surface area contributed by atoms with Crippen LogP contribution in [0.5, 0.6) is 0 Å². The van der Waals surface area contributed by atoms with Gasteiger partial charge in [0.15, 0.2) is 10.1 Å². The maximum absolute atomic E-state index is 11.5. The Kier molecular flexibility index (Phi) is 2.55. The van der Waals surface area contributed by atoms with Crippen LogP contribution < -0.4 is 0 Å². The normalized spacial score (nSPS) is 29.4. The summed E-state index contributed by atoms with van der Waals surface area (Å²) < 4.78 is -1.20. The van der Waals surface area contributed by atoms with E-state index in [9.17, 15) is 4.79 Å². The van der Waals surface area contributed by atoms with E-state index in [2.05, 4.69) is 0 Å². The molecule has 1 fully saturated rings. The fraction of sp³-hybridized carbons (Fsp3) is 0.700. The van der Waals surface area contributed by atoms with E-state index in [1.165, 1.54) is 0 Å². The van der Waals surface area contributed by atoms with Gasteiger partial charge in [0.1, 0.15) is 0 Å². The van der Waals surface area contributed by atoms with Crippen molar-refractivity contribution >= 4 is 29.0 Å². The first kappa shape index (κ1) is 11.1. The average Bonchev–Trinajstić information content (AvgIpc) is 1.98. The average molecular weight is 221 g/mol. The quantitative estimate of drug-likeness (QED) is 0.490. The molecule has 1 aliphatic carbocycles. The molecule has 1 rings (SSSR count). The Morgan fingerprint density at radius 1 is 1.38 bits per heavy atom. The van der Waals surface area contributed by atoms with E-state index < -0.39 is 4.33 Å². The van der Waals surface area contributed by atoms with Crippen molar-refractivity contribution in [1.82, 2.24) is 0 Å². The molecule has 13 heavy (non-hydrogen) atoms. The van der Waals surface area contributed by atoms with Gasteiger partial charge in [-0.05, 0) is 13.8 Å². The molecule has 3 heteroatoms. The minimum Gasteiger partial charge on any atom is -0.296 e. The summed E-state index contributed by atoms with van der Waals surface area (Å²) >= 11 is 11.8. The van der Waals surface area contributed by atoms with E-state index in [1.54, 1.807) is 0 Å². The van der Waals surface area contributed by atoms with Crippen LogP contribution in [0, 0.1) is 11.3 Å². The fourth-order valence-electron chi connectivity index (χ4n) is 1.58. The first-order valence-corrected chi connectivity index (χ1v) is 5.04. The second kappa shape index (κ2) is 2.99. The molecule has 0 aliphatic heterocycles. The van der Waals surface area contributed by atoms with Crippen molar-refractivity contribution in [3.8, 4) is 0 Å². The Bertz CT molecular complexity index is 273. The number of carbonyl (C=O) groups excluding carboxylic acids is 1. The highest BCUT2D eigenvalue weighted by Gasteiger charge is 2.65. The number of Topliss-reactive ketones (excluding diaryl/α,β-unsaturated/α-hetero) is 1. The molecule has 0 amide bonds. The van der Waals surface area contributed by atoms with Crippen LogP contribution in [-0.2, 0) is 4.79 Å². The summed E-state index contributed by atoms with van der Waals surface area (Å²) in [5.74, 6) is -0.213. The van der Waals surface area contributed by atoms with E-state index in [1.807, 2.05) is 33.8 Å². The van der Waals surface area contributed by atoms with E-state index in [0.29, 0.717) is 0 Å². The van der Waals surface area contributed by atoms with Crippen molar-refractivity contribution in [3.63, 3.8) is 0 Å². The summed E-state index contributed by atoms with van der Waals surface area (Å²) in [7, 11) is 0. The van der Waals surface area contributed by atoms with Gasteiger partial charge in [-0.3, -0.25) is 4.79 Å². The molecule has 0 spiro atoms. The van der Waals surface area contributed by atoms with Gasteiger partial charge in [-0.2, -0.15) is 0 Å².